The second kappa shape index (κ2) is 8.65. The maximum Gasteiger partial charge on any atom is 0.308 e. The van der Waals surface area contributed by atoms with Crippen LogP contribution in [0.1, 0.15) is 51.2 Å². The summed E-state index contributed by atoms with van der Waals surface area (Å²) in [6.07, 6.45) is 1.62. The number of esters is 1. The molecule has 0 radical (unpaired) electrons. The van der Waals surface area contributed by atoms with Crippen molar-refractivity contribution in [1.82, 2.24) is 15.2 Å². The average Bonchev–Trinajstić information content (AvgIpc) is 3.07. The van der Waals surface area contributed by atoms with Crippen molar-refractivity contribution < 1.29 is 9.53 Å². The highest BCUT2D eigenvalue weighted by atomic mass is 32.1. The van der Waals surface area contributed by atoms with Crippen molar-refractivity contribution in [3.8, 4) is 0 Å². The number of likely N-dealkylation sites (tertiary alicyclic amines) is 1. The third kappa shape index (κ3) is 5.42. The quantitative estimate of drug-likeness (QED) is 0.504. The largest absolute Gasteiger partial charge is 0.469 e. The molecule has 0 saturated carbocycles. The maximum atomic E-state index is 11.7. The van der Waals surface area contributed by atoms with Crippen LogP contribution in [0.2, 0.25) is 0 Å². The molecule has 0 amide bonds. The number of rotatable bonds is 4. The van der Waals surface area contributed by atoms with Crippen LogP contribution in [0.3, 0.4) is 0 Å². The van der Waals surface area contributed by atoms with Crippen LogP contribution >= 0.6 is 11.3 Å². The number of carbonyl (C=O) groups is 1. The third-order valence-electron chi connectivity index (χ3n) is 4.35. The van der Waals surface area contributed by atoms with E-state index in [1.165, 1.54) is 7.11 Å². The first-order valence-electron chi connectivity index (χ1n) is 8.91. The second-order valence-corrected chi connectivity index (χ2v) is 8.27. The summed E-state index contributed by atoms with van der Waals surface area (Å²) in [5.74, 6) is 0.815. The van der Waals surface area contributed by atoms with E-state index in [9.17, 15) is 4.79 Å². The van der Waals surface area contributed by atoms with Gasteiger partial charge in [0.2, 0.25) is 0 Å². The van der Waals surface area contributed by atoms with E-state index in [0.29, 0.717) is 6.54 Å². The molecule has 1 aromatic rings. The summed E-state index contributed by atoms with van der Waals surface area (Å²) in [6, 6.07) is 0. The zero-order valence-electron chi connectivity index (χ0n) is 16.0. The molecule has 1 saturated heterocycles. The molecule has 0 atom stereocenters. The highest BCUT2D eigenvalue weighted by Crippen LogP contribution is 2.24. The van der Waals surface area contributed by atoms with Gasteiger partial charge in [-0.25, -0.2) is 9.98 Å². The number of hydrogen-bond acceptors (Lipinski definition) is 5. The minimum atomic E-state index is -0.0981. The van der Waals surface area contributed by atoms with E-state index in [-0.39, 0.29) is 17.3 Å². The predicted octanol–water partition coefficient (Wildman–Crippen LogP) is 2.79. The van der Waals surface area contributed by atoms with Crippen molar-refractivity contribution in [3.05, 3.63) is 16.1 Å². The van der Waals surface area contributed by atoms with Crippen LogP contribution in [0.5, 0.6) is 0 Å². The van der Waals surface area contributed by atoms with Gasteiger partial charge in [0.15, 0.2) is 5.96 Å². The number of piperidine rings is 1. The number of guanidine groups is 1. The monoisotopic (exact) mass is 366 g/mol. The first-order valence-corrected chi connectivity index (χ1v) is 9.79. The number of ether oxygens (including phenoxy) is 1. The van der Waals surface area contributed by atoms with Gasteiger partial charge in [-0.05, 0) is 19.8 Å². The molecular formula is C18H30N4O2S. The van der Waals surface area contributed by atoms with Crippen molar-refractivity contribution in [3.63, 3.8) is 0 Å². The highest BCUT2D eigenvalue weighted by Gasteiger charge is 2.27. The summed E-state index contributed by atoms with van der Waals surface area (Å²) < 4.78 is 4.86. The lowest BCUT2D eigenvalue weighted by molar-refractivity contribution is -0.146. The van der Waals surface area contributed by atoms with Crippen LogP contribution in [0, 0.1) is 5.92 Å². The Morgan fingerprint density at radius 3 is 2.64 bits per heavy atom. The lowest BCUT2D eigenvalue weighted by Crippen LogP contribution is -2.46. The first-order chi connectivity index (χ1) is 11.8. The molecular weight excluding hydrogens is 336 g/mol. The van der Waals surface area contributed by atoms with E-state index >= 15 is 0 Å². The molecule has 7 heteroatoms. The molecule has 2 heterocycles. The van der Waals surface area contributed by atoms with Crippen LogP contribution in [0.25, 0.3) is 0 Å². The molecule has 1 aliphatic heterocycles. The Balaban J connectivity index is 1.99. The summed E-state index contributed by atoms with van der Waals surface area (Å²) >= 11 is 1.66. The summed E-state index contributed by atoms with van der Waals surface area (Å²) in [7, 11) is 1.46. The fraction of sp³-hybridized carbons (Fsp3) is 0.722. The normalized spacial score (nSPS) is 16.8. The SMILES string of the molecule is CCNC(=NCc1nc(C(C)(C)C)cs1)N1CCC(C(=O)OC)CC1. The van der Waals surface area contributed by atoms with Crippen molar-refractivity contribution in [2.45, 2.75) is 52.5 Å². The fourth-order valence-corrected chi connectivity index (χ4v) is 3.73. The molecule has 0 aliphatic carbocycles. The molecule has 1 fully saturated rings. The van der Waals surface area contributed by atoms with Crippen molar-refractivity contribution >= 4 is 23.3 Å². The van der Waals surface area contributed by atoms with Gasteiger partial charge < -0.3 is 15.0 Å². The van der Waals surface area contributed by atoms with Gasteiger partial charge in [0.25, 0.3) is 0 Å². The maximum absolute atomic E-state index is 11.7. The number of thiazole rings is 1. The van der Waals surface area contributed by atoms with Crippen LogP contribution in [0.4, 0.5) is 0 Å². The summed E-state index contributed by atoms with van der Waals surface area (Å²) in [6.45, 7) is 11.6. The van der Waals surface area contributed by atoms with E-state index < -0.39 is 0 Å². The Hall–Kier alpha value is -1.63. The lowest BCUT2D eigenvalue weighted by atomic mass is 9.93. The number of nitrogens with one attached hydrogen (secondary N) is 1. The van der Waals surface area contributed by atoms with Crippen LogP contribution in [-0.2, 0) is 21.5 Å². The minimum Gasteiger partial charge on any atom is -0.469 e. The van der Waals surface area contributed by atoms with E-state index in [1.807, 2.05) is 0 Å². The number of nitrogens with zero attached hydrogens (tertiary/aromatic N) is 3. The van der Waals surface area contributed by atoms with Crippen LogP contribution in [-0.4, -0.2) is 48.6 Å². The summed E-state index contributed by atoms with van der Waals surface area (Å²) in [5.41, 5.74) is 1.19. The Kier molecular flexibility index (Phi) is 6.81. The smallest absolute Gasteiger partial charge is 0.308 e. The molecule has 2 rings (SSSR count). The molecule has 1 aromatic heterocycles. The van der Waals surface area contributed by atoms with Gasteiger partial charge in [0.05, 0.1) is 25.3 Å². The van der Waals surface area contributed by atoms with Gasteiger partial charge in [0, 0.05) is 30.4 Å². The molecule has 140 valence electrons. The summed E-state index contributed by atoms with van der Waals surface area (Å²) in [4.78, 5) is 23.4. The van der Waals surface area contributed by atoms with E-state index in [4.69, 9.17) is 14.7 Å². The van der Waals surface area contributed by atoms with Gasteiger partial charge in [-0.1, -0.05) is 20.8 Å². The van der Waals surface area contributed by atoms with Gasteiger partial charge in [-0.3, -0.25) is 4.79 Å². The Morgan fingerprint density at radius 2 is 2.12 bits per heavy atom. The van der Waals surface area contributed by atoms with Gasteiger partial charge >= 0.3 is 5.97 Å². The molecule has 0 aromatic carbocycles. The summed E-state index contributed by atoms with van der Waals surface area (Å²) in [5, 5.41) is 6.51. The van der Waals surface area contributed by atoms with Crippen LogP contribution < -0.4 is 5.32 Å². The lowest BCUT2D eigenvalue weighted by Gasteiger charge is -2.33. The Bertz CT molecular complexity index is 598. The minimum absolute atomic E-state index is 0.0115. The average molecular weight is 367 g/mol. The number of aromatic nitrogens is 1. The molecule has 6 nitrogen and oxygen atoms in total. The fourth-order valence-electron chi connectivity index (χ4n) is 2.79. The van der Waals surface area contributed by atoms with Crippen molar-refractivity contribution in [2.24, 2.45) is 10.9 Å². The van der Waals surface area contributed by atoms with Gasteiger partial charge in [-0.2, -0.15) is 0 Å². The standard InChI is InChI=1S/C18H30N4O2S/c1-6-19-17(22-9-7-13(8-10-22)16(23)24-5)20-11-15-21-14(12-25-15)18(2,3)4/h12-13H,6-11H2,1-5H3,(H,19,20). The second-order valence-electron chi connectivity index (χ2n) is 7.33. The number of methoxy groups -OCH3 is 1. The predicted molar refractivity (Wildman–Crippen MR) is 102 cm³/mol. The molecule has 25 heavy (non-hydrogen) atoms. The molecule has 0 spiro atoms. The topological polar surface area (TPSA) is 66.8 Å². The number of carbonyl (C=O) groups excluding carboxylic acids is 1. The Labute approximate surface area is 154 Å². The zero-order chi connectivity index (χ0) is 18.4. The van der Waals surface area contributed by atoms with Crippen LogP contribution in [0.15, 0.2) is 10.4 Å². The molecule has 1 aliphatic rings. The van der Waals surface area contributed by atoms with Crippen molar-refractivity contribution in [2.75, 3.05) is 26.7 Å². The molecule has 0 unspecified atom stereocenters. The third-order valence-corrected chi connectivity index (χ3v) is 5.18. The van der Waals surface area contributed by atoms with Gasteiger partial charge in [-0.15, -0.1) is 11.3 Å². The van der Waals surface area contributed by atoms with Gasteiger partial charge in [0.1, 0.15) is 5.01 Å². The first kappa shape index (κ1) is 19.7. The number of hydrogen-bond donors (Lipinski definition) is 1. The zero-order valence-corrected chi connectivity index (χ0v) is 16.8. The van der Waals surface area contributed by atoms with Crippen molar-refractivity contribution in [1.29, 1.82) is 0 Å². The number of aliphatic imine (C=N–C) groups is 1. The van der Waals surface area contributed by atoms with E-state index in [1.54, 1.807) is 11.3 Å². The van der Waals surface area contributed by atoms with E-state index in [0.717, 1.165) is 49.1 Å². The molecule has 0 bridgehead atoms. The highest BCUT2D eigenvalue weighted by molar-refractivity contribution is 7.09. The molecule has 1 N–H and O–H groups in total. The Morgan fingerprint density at radius 1 is 1.44 bits per heavy atom. The van der Waals surface area contributed by atoms with E-state index in [2.05, 4.69) is 43.3 Å².